The van der Waals surface area contributed by atoms with E-state index < -0.39 is 17.9 Å². The number of hydrazine groups is 1. The largest absolute Gasteiger partial charge is 0.309 e. The van der Waals surface area contributed by atoms with Crippen LogP contribution in [0.2, 0.25) is 0 Å². The molecular weight excluding hydrogens is 453 g/mol. The number of nitrogens with zero attached hydrogens (tertiary/aromatic N) is 3. The second-order valence-electron chi connectivity index (χ2n) is 8.72. The average molecular weight is 482 g/mol. The SMILES string of the molecule is O=CN(O)CC(C=C1CCCC1)C(=O)N1NCCC1C(=O)Nc1ccc(-c2ccc(F)cc2)cn1. The number of nitrogens with one attached hydrogen (secondary N) is 2. The fourth-order valence-electron chi connectivity index (χ4n) is 4.44. The molecule has 184 valence electrons. The summed E-state index contributed by atoms with van der Waals surface area (Å²) >= 11 is 0. The molecule has 9 nitrogen and oxygen atoms in total. The van der Waals surface area contributed by atoms with Crippen molar-refractivity contribution in [3.05, 3.63) is 60.1 Å². The summed E-state index contributed by atoms with van der Waals surface area (Å²) in [5.41, 5.74) is 5.65. The number of hydrogen-bond acceptors (Lipinski definition) is 6. The summed E-state index contributed by atoms with van der Waals surface area (Å²) < 4.78 is 13.1. The van der Waals surface area contributed by atoms with E-state index in [4.69, 9.17) is 0 Å². The molecular formula is C25H28FN5O4. The lowest BCUT2D eigenvalue weighted by molar-refractivity contribution is -0.156. The van der Waals surface area contributed by atoms with Gasteiger partial charge >= 0.3 is 0 Å². The summed E-state index contributed by atoms with van der Waals surface area (Å²) in [4.78, 5) is 41.6. The predicted octanol–water partition coefficient (Wildman–Crippen LogP) is 2.90. The Morgan fingerprint density at radius 3 is 2.57 bits per heavy atom. The van der Waals surface area contributed by atoms with E-state index in [1.807, 2.05) is 6.08 Å². The number of rotatable bonds is 8. The van der Waals surface area contributed by atoms with Crippen LogP contribution in [-0.4, -0.2) is 57.6 Å². The van der Waals surface area contributed by atoms with Crippen LogP contribution >= 0.6 is 0 Å². The highest BCUT2D eigenvalue weighted by Crippen LogP contribution is 2.27. The summed E-state index contributed by atoms with van der Waals surface area (Å²) in [5.74, 6) is -1.55. The van der Waals surface area contributed by atoms with Crippen molar-refractivity contribution in [2.24, 2.45) is 5.92 Å². The third-order valence-corrected chi connectivity index (χ3v) is 6.25. The molecule has 1 aliphatic carbocycles. The van der Waals surface area contributed by atoms with Gasteiger partial charge in [0.1, 0.15) is 17.7 Å². The van der Waals surface area contributed by atoms with Crippen molar-refractivity contribution < 1.29 is 24.0 Å². The number of carbonyl (C=O) groups excluding carboxylic acids is 3. The minimum atomic E-state index is -0.771. The quantitative estimate of drug-likeness (QED) is 0.231. The molecule has 10 heteroatoms. The number of hydrogen-bond donors (Lipinski definition) is 3. The molecule has 2 aliphatic rings. The number of aromatic nitrogens is 1. The van der Waals surface area contributed by atoms with Gasteiger partial charge < -0.3 is 5.32 Å². The Morgan fingerprint density at radius 2 is 1.91 bits per heavy atom. The van der Waals surface area contributed by atoms with E-state index in [1.165, 1.54) is 17.1 Å². The Morgan fingerprint density at radius 1 is 1.20 bits per heavy atom. The van der Waals surface area contributed by atoms with Gasteiger partial charge in [-0.1, -0.05) is 23.8 Å². The number of carbonyl (C=O) groups is 3. The van der Waals surface area contributed by atoms with Gasteiger partial charge in [-0.3, -0.25) is 24.6 Å². The number of benzene rings is 1. The van der Waals surface area contributed by atoms with E-state index in [0.717, 1.165) is 42.4 Å². The molecule has 2 fully saturated rings. The van der Waals surface area contributed by atoms with Crippen LogP contribution in [0.25, 0.3) is 11.1 Å². The molecule has 0 radical (unpaired) electrons. The van der Waals surface area contributed by atoms with E-state index in [2.05, 4.69) is 15.7 Å². The standard InChI is InChI=1S/C25H28FN5O4/c26-21-8-5-18(6-9-21)19-7-10-23(27-14-19)29-24(33)22-11-12-28-31(22)25(34)20(15-30(35)16-32)13-17-3-1-2-4-17/h5-10,13-14,16,20,22,28,35H,1-4,11-12,15H2,(H,27,29,33). The Kier molecular flexibility index (Phi) is 7.84. The first-order valence-electron chi connectivity index (χ1n) is 11.6. The average Bonchev–Trinajstić information content (AvgIpc) is 3.56. The molecule has 1 saturated heterocycles. The maximum absolute atomic E-state index is 13.3. The van der Waals surface area contributed by atoms with E-state index in [1.54, 1.807) is 30.5 Å². The van der Waals surface area contributed by atoms with Crippen LogP contribution in [0.3, 0.4) is 0 Å². The Hall–Kier alpha value is -3.63. The van der Waals surface area contributed by atoms with Crippen LogP contribution in [0.4, 0.5) is 10.2 Å². The minimum Gasteiger partial charge on any atom is -0.309 e. The molecule has 2 unspecified atom stereocenters. The van der Waals surface area contributed by atoms with Crippen molar-refractivity contribution in [3.63, 3.8) is 0 Å². The lowest BCUT2D eigenvalue weighted by atomic mass is 10.0. The second kappa shape index (κ2) is 11.2. The predicted molar refractivity (Wildman–Crippen MR) is 126 cm³/mol. The van der Waals surface area contributed by atoms with Gasteiger partial charge in [0.05, 0.1) is 12.5 Å². The van der Waals surface area contributed by atoms with Crippen molar-refractivity contribution in [3.8, 4) is 11.1 Å². The van der Waals surface area contributed by atoms with Crippen molar-refractivity contribution >= 4 is 24.0 Å². The molecule has 35 heavy (non-hydrogen) atoms. The van der Waals surface area contributed by atoms with Crippen LogP contribution in [0, 0.1) is 11.7 Å². The first-order valence-corrected chi connectivity index (χ1v) is 11.6. The van der Waals surface area contributed by atoms with Crippen LogP contribution in [0.5, 0.6) is 0 Å². The summed E-state index contributed by atoms with van der Waals surface area (Å²) in [6.45, 7) is 0.241. The van der Waals surface area contributed by atoms with Gasteiger partial charge in [0.15, 0.2) is 0 Å². The Labute approximate surface area is 202 Å². The molecule has 3 amide bonds. The fraction of sp³-hybridized carbons (Fsp3) is 0.360. The maximum atomic E-state index is 13.3. The summed E-state index contributed by atoms with van der Waals surface area (Å²) in [6.07, 6.45) is 7.92. The number of allylic oxidation sites excluding steroid dienone is 1. The summed E-state index contributed by atoms with van der Waals surface area (Å²) in [5, 5.41) is 14.2. The monoisotopic (exact) mass is 481 g/mol. The zero-order chi connectivity index (χ0) is 24.8. The number of hydroxylamine groups is 2. The van der Waals surface area contributed by atoms with Crippen molar-refractivity contribution in [1.82, 2.24) is 20.5 Å². The van der Waals surface area contributed by atoms with E-state index in [-0.39, 0.29) is 24.7 Å². The topological polar surface area (TPSA) is 115 Å². The number of pyridine rings is 1. The second-order valence-corrected chi connectivity index (χ2v) is 8.72. The molecule has 3 N–H and O–H groups in total. The molecule has 1 saturated carbocycles. The fourth-order valence-corrected chi connectivity index (χ4v) is 4.44. The third-order valence-electron chi connectivity index (χ3n) is 6.25. The zero-order valence-electron chi connectivity index (χ0n) is 19.2. The van der Waals surface area contributed by atoms with E-state index in [0.29, 0.717) is 23.8 Å². The van der Waals surface area contributed by atoms with Gasteiger partial charge in [-0.25, -0.2) is 19.9 Å². The highest BCUT2D eigenvalue weighted by atomic mass is 19.1. The molecule has 0 bridgehead atoms. The molecule has 0 spiro atoms. The Balaban J connectivity index is 1.44. The highest BCUT2D eigenvalue weighted by Gasteiger charge is 2.37. The molecule has 4 rings (SSSR count). The number of amides is 3. The molecule has 1 aromatic carbocycles. The van der Waals surface area contributed by atoms with Gasteiger partial charge in [0.25, 0.3) is 0 Å². The highest BCUT2D eigenvalue weighted by molar-refractivity contribution is 5.97. The maximum Gasteiger partial charge on any atom is 0.250 e. The van der Waals surface area contributed by atoms with E-state index >= 15 is 0 Å². The lowest BCUT2D eigenvalue weighted by Crippen LogP contribution is -2.51. The van der Waals surface area contributed by atoms with Crippen LogP contribution in [0.1, 0.15) is 32.1 Å². The number of halogens is 1. The smallest absolute Gasteiger partial charge is 0.250 e. The molecule has 1 aromatic heterocycles. The molecule has 1 aliphatic heterocycles. The first-order chi connectivity index (χ1) is 16.9. The Bertz CT molecular complexity index is 1080. The van der Waals surface area contributed by atoms with Gasteiger partial charge in [0, 0.05) is 18.3 Å². The van der Waals surface area contributed by atoms with Gasteiger partial charge in [0.2, 0.25) is 18.2 Å². The van der Waals surface area contributed by atoms with Crippen LogP contribution in [-0.2, 0) is 14.4 Å². The zero-order valence-corrected chi connectivity index (χ0v) is 19.2. The van der Waals surface area contributed by atoms with Gasteiger partial charge in [-0.05, 0) is 61.9 Å². The van der Waals surface area contributed by atoms with Crippen molar-refractivity contribution in [1.29, 1.82) is 0 Å². The van der Waals surface area contributed by atoms with Gasteiger partial charge in [-0.15, -0.1) is 0 Å². The summed E-state index contributed by atoms with van der Waals surface area (Å²) in [6, 6.07) is 8.67. The molecule has 2 aromatic rings. The number of anilines is 1. The van der Waals surface area contributed by atoms with Crippen LogP contribution in [0.15, 0.2) is 54.2 Å². The molecule has 2 atom stereocenters. The first kappa shape index (κ1) is 24.5. The van der Waals surface area contributed by atoms with Crippen LogP contribution < -0.4 is 10.7 Å². The van der Waals surface area contributed by atoms with Gasteiger partial charge in [-0.2, -0.15) is 0 Å². The molecule has 2 heterocycles. The normalized spacial score (nSPS) is 18.3. The summed E-state index contributed by atoms with van der Waals surface area (Å²) in [7, 11) is 0. The van der Waals surface area contributed by atoms with Crippen molar-refractivity contribution in [2.45, 2.75) is 38.1 Å². The van der Waals surface area contributed by atoms with Crippen molar-refractivity contribution in [2.75, 3.05) is 18.4 Å². The lowest BCUT2D eigenvalue weighted by Gasteiger charge is -2.27. The van der Waals surface area contributed by atoms with E-state index in [9.17, 15) is 24.0 Å². The third kappa shape index (κ3) is 6.09. The minimum absolute atomic E-state index is 0.190.